The van der Waals surface area contributed by atoms with E-state index in [1.54, 1.807) is 0 Å². The van der Waals surface area contributed by atoms with E-state index in [9.17, 15) is 14.4 Å². The van der Waals surface area contributed by atoms with Crippen LogP contribution in [0.3, 0.4) is 0 Å². The Morgan fingerprint density at radius 1 is 1.17 bits per heavy atom. The largest absolute Gasteiger partial charge is 0.460 e. The van der Waals surface area contributed by atoms with E-state index in [1.807, 2.05) is 39.8 Å². The maximum Gasteiger partial charge on any atom is 0.307 e. The van der Waals surface area contributed by atoms with Crippen LogP contribution in [0.25, 0.3) is 10.9 Å². The maximum atomic E-state index is 13.3. The first-order valence-electron chi connectivity index (χ1n) is 13.0. The van der Waals surface area contributed by atoms with Crippen LogP contribution >= 0.6 is 0 Å². The van der Waals surface area contributed by atoms with Gasteiger partial charge in [0.25, 0.3) is 0 Å². The average molecular weight is 484 g/mol. The summed E-state index contributed by atoms with van der Waals surface area (Å²) in [7, 11) is 0. The summed E-state index contributed by atoms with van der Waals surface area (Å²) in [4.78, 5) is 38.9. The molecule has 1 aromatic heterocycles. The Bertz CT molecular complexity index is 1020. The number of rotatable bonds is 6. The molecule has 0 saturated carbocycles. The second kappa shape index (κ2) is 12.2. The molecule has 0 aliphatic carbocycles. The summed E-state index contributed by atoms with van der Waals surface area (Å²) in [5, 5.41) is 7.11. The van der Waals surface area contributed by atoms with E-state index in [2.05, 4.69) is 33.5 Å². The van der Waals surface area contributed by atoms with Gasteiger partial charge in [-0.05, 0) is 51.7 Å². The van der Waals surface area contributed by atoms with Crippen LogP contribution in [0.2, 0.25) is 0 Å². The Morgan fingerprint density at radius 3 is 2.66 bits per heavy atom. The summed E-state index contributed by atoms with van der Waals surface area (Å²) >= 11 is 0. The number of para-hydroxylation sites is 1. The number of carbonyl (C=O) groups is 3. The highest BCUT2D eigenvalue weighted by molar-refractivity contribution is 5.91. The Labute approximate surface area is 209 Å². The predicted molar refractivity (Wildman–Crippen MR) is 138 cm³/mol. The third-order valence-corrected chi connectivity index (χ3v) is 6.39. The molecule has 0 unspecified atom stereocenters. The lowest BCUT2D eigenvalue weighted by Gasteiger charge is -2.24. The van der Waals surface area contributed by atoms with Crippen molar-refractivity contribution in [3.8, 4) is 0 Å². The molecule has 2 amide bonds. The Balaban J connectivity index is 1.83. The topological polar surface area (TPSA) is 89.4 Å². The van der Waals surface area contributed by atoms with Crippen molar-refractivity contribution >= 4 is 28.7 Å². The molecule has 35 heavy (non-hydrogen) atoms. The summed E-state index contributed by atoms with van der Waals surface area (Å²) < 4.78 is 7.71. The van der Waals surface area contributed by atoms with E-state index in [-0.39, 0.29) is 18.2 Å². The zero-order chi connectivity index (χ0) is 25.4. The van der Waals surface area contributed by atoms with E-state index in [4.69, 9.17) is 4.74 Å². The van der Waals surface area contributed by atoms with Crippen molar-refractivity contribution in [2.45, 2.75) is 97.2 Å². The molecule has 0 spiro atoms. The van der Waals surface area contributed by atoms with Crippen molar-refractivity contribution in [1.29, 1.82) is 0 Å². The van der Waals surface area contributed by atoms with E-state index in [0.717, 1.165) is 55.1 Å². The SMILES string of the molecule is CCC[C@H](CC(=O)OC(C)(C)C)C(=O)N[C@H]1Cc2cn(c3ccccc23)CCCCCCNC1=O. The lowest BCUT2D eigenvalue weighted by atomic mass is 9.97. The van der Waals surface area contributed by atoms with E-state index >= 15 is 0 Å². The molecule has 3 rings (SSSR count). The first-order chi connectivity index (χ1) is 16.7. The molecule has 2 aromatic rings. The molecule has 2 bridgehead atoms. The molecule has 192 valence electrons. The molecular formula is C28H41N3O4. The summed E-state index contributed by atoms with van der Waals surface area (Å²) in [5.74, 6) is -1.38. The number of amides is 2. The average Bonchev–Trinajstić information content (AvgIpc) is 3.13. The summed E-state index contributed by atoms with van der Waals surface area (Å²) in [5.41, 5.74) is 1.59. The number of fused-ring (bicyclic) bond motifs is 5. The molecule has 1 aromatic carbocycles. The number of carbonyl (C=O) groups excluding carboxylic acids is 3. The predicted octanol–water partition coefficient (Wildman–Crippen LogP) is 4.51. The van der Waals surface area contributed by atoms with Crippen molar-refractivity contribution in [2.75, 3.05) is 6.54 Å². The van der Waals surface area contributed by atoms with E-state index < -0.39 is 23.5 Å². The number of benzene rings is 1. The van der Waals surface area contributed by atoms with Gasteiger partial charge < -0.3 is 19.9 Å². The van der Waals surface area contributed by atoms with Crippen molar-refractivity contribution < 1.29 is 19.1 Å². The third-order valence-electron chi connectivity index (χ3n) is 6.39. The number of nitrogens with one attached hydrogen (secondary N) is 2. The van der Waals surface area contributed by atoms with Gasteiger partial charge in [0.1, 0.15) is 11.6 Å². The smallest absolute Gasteiger partial charge is 0.307 e. The fourth-order valence-corrected chi connectivity index (χ4v) is 4.74. The molecule has 0 radical (unpaired) electrons. The molecule has 1 aliphatic heterocycles. The lowest BCUT2D eigenvalue weighted by Crippen LogP contribution is -2.50. The van der Waals surface area contributed by atoms with Gasteiger partial charge in [-0.3, -0.25) is 14.4 Å². The molecular weight excluding hydrogens is 442 g/mol. The van der Waals surface area contributed by atoms with Gasteiger partial charge in [-0.2, -0.15) is 0 Å². The number of aryl methyl sites for hydroxylation is 1. The highest BCUT2D eigenvalue weighted by Gasteiger charge is 2.29. The quantitative estimate of drug-likeness (QED) is 0.592. The summed E-state index contributed by atoms with van der Waals surface area (Å²) in [6.07, 6.45) is 8.01. The molecule has 7 heteroatoms. The molecule has 0 fully saturated rings. The zero-order valence-electron chi connectivity index (χ0n) is 21.7. The van der Waals surface area contributed by atoms with Crippen LogP contribution in [0, 0.1) is 5.92 Å². The van der Waals surface area contributed by atoms with Gasteiger partial charge in [-0.15, -0.1) is 0 Å². The second-order valence-electron chi connectivity index (χ2n) is 10.6. The zero-order valence-corrected chi connectivity index (χ0v) is 21.7. The van der Waals surface area contributed by atoms with Gasteiger partial charge in [0.15, 0.2) is 0 Å². The molecule has 2 atom stereocenters. The fraction of sp³-hybridized carbons (Fsp3) is 0.607. The normalized spacial score (nSPS) is 18.5. The van der Waals surface area contributed by atoms with Crippen LogP contribution in [0.4, 0.5) is 0 Å². The van der Waals surface area contributed by atoms with Crippen molar-refractivity contribution in [1.82, 2.24) is 15.2 Å². The Morgan fingerprint density at radius 2 is 1.91 bits per heavy atom. The van der Waals surface area contributed by atoms with Crippen LogP contribution in [0.5, 0.6) is 0 Å². The number of hydrogen-bond acceptors (Lipinski definition) is 4. The van der Waals surface area contributed by atoms with Crippen molar-refractivity contribution in [2.24, 2.45) is 5.92 Å². The van der Waals surface area contributed by atoms with Gasteiger partial charge in [0.05, 0.1) is 6.42 Å². The standard InChI is InChI=1S/C28H41N3O4/c1-5-12-20(18-25(32)35-28(2,3)4)26(33)30-23-17-21-19-31(24-14-9-8-13-22(21)24)16-11-7-6-10-15-29-27(23)34/h8-9,13-14,19-20,23H,5-7,10-12,15-18H2,1-4H3,(H,29,34)(H,30,33)/t20-,23+/m1/s1. The molecule has 7 nitrogen and oxygen atoms in total. The third kappa shape index (κ3) is 7.84. The van der Waals surface area contributed by atoms with Gasteiger partial charge in [-0.25, -0.2) is 0 Å². The Kier molecular flexibility index (Phi) is 9.35. The molecule has 2 N–H and O–H groups in total. The lowest BCUT2D eigenvalue weighted by molar-refractivity contribution is -0.157. The number of ether oxygens (including phenoxy) is 1. The molecule has 0 saturated heterocycles. The van der Waals surface area contributed by atoms with Gasteiger partial charge in [-0.1, -0.05) is 44.4 Å². The second-order valence-corrected chi connectivity index (χ2v) is 10.6. The first-order valence-corrected chi connectivity index (χ1v) is 13.0. The summed E-state index contributed by atoms with van der Waals surface area (Å²) in [6, 6.07) is 7.51. The van der Waals surface area contributed by atoms with E-state index in [1.165, 1.54) is 0 Å². The molecule has 1 aliphatic rings. The van der Waals surface area contributed by atoms with Gasteiger partial charge >= 0.3 is 5.97 Å². The van der Waals surface area contributed by atoms with E-state index in [0.29, 0.717) is 19.4 Å². The Hall–Kier alpha value is -2.83. The minimum atomic E-state index is -0.708. The van der Waals surface area contributed by atoms with Crippen molar-refractivity contribution in [3.05, 3.63) is 36.0 Å². The number of hydrogen-bond donors (Lipinski definition) is 2. The number of esters is 1. The highest BCUT2D eigenvalue weighted by Crippen LogP contribution is 2.24. The van der Waals surface area contributed by atoms with Gasteiger partial charge in [0.2, 0.25) is 11.8 Å². The maximum absolute atomic E-state index is 13.3. The van der Waals surface area contributed by atoms with Crippen molar-refractivity contribution in [3.63, 3.8) is 0 Å². The van der Waals surface area contributed by atoms with Crippen LogP contribution in [0.1, 0.15) is 78.2 Å². The number of aromatic nitrogens is 1. The highest BCUT2D eigenvalue weighted by atomic mass is 16.6. The first kappa shape index (κ1) is 26.8. The van der Waals surface area contributed by atoms with Crippen LogP contribution < -0.4 is 10.6 Å². The monoisotopic (exact) mass is 483 g/mol. The fourth-order valence-electron chi connectivity index (χ4n) is 4.74. The summed E-state index contributed by atoms with van der Waals surface area (Å²) in [6.45, 7) is 8.96. The number of nitrogens with zero attached hydrogens (tertiary/aromatic N) is 1. The van der Waals surface area contributed by atoms with Crippen LogP contribution in [0.15, 0.2) is 30.5 Å². The minimum Gasteiger partial charge on any atom is -0.460 e. The minimum absolute atomic E-state index is 0.00455. The van der Waals surface area contributed by atoms with Crippen LogP contribution in [-0.4, -0.2) is 40.5 Å². The molecule has 2 heterocycles. The van der Waals surface area contributed by atoms with Gasteiger partial charge in [0, 0.05) is 42.5 Å². The van der Waals surface area contributed by atoms with Crippen LogP contribution in [-0.2, 0) is 32.1 Å².